The molecule has 1 amide bonds. The molecule has 0 aromatic heterocycles. The topological polar surface area (TPSA) is 88.2 Å². The van der Waals surface area contributed by atoms with Crippen molar-refractivity contribution in [3.63, 3.8) is 0 Å². The first-order valence-corrected chi connectivity index (χ1v) is 13.5. The Morgan fingerprint density at radius 2 is 1.63 bits per heavy atom. The molecule has 0 bridgehead atoms. The van der Waals surface area contributed by atoms with E-state index in [0.29, 0.717) is 23.7 Å². The minimum atomic E-state index is -4.06. The van der Waals surface area contributed by atoms with E-state index in [1.54, 1.807) is 18.2 Å². The highest BCUT2D eigenvalue weighted by molar-refractivity contribution is 7.92. The summed E-state index contributed by atoms with van der Waals surface area (Å²) in [5.74, 6) is 0.388. The highest BCUT2D eigenvalue weighted by atomic mass is 32.2. The Morgan fingerprint density at radius 1 is 0.971 bits per heavy atom. The molecule has 0 atom stereocenters. The fraction of sp³-hybridized carbons (Fsp3) is 0.500. The van der Waals surface area contributed by atoms with E-state index in [4.69, 9.17) is 9.47 Å². The number of rotatable bonds is 11. The third-order valence-corrected chi connectivity index (χ3v) is 7.92. The summed E-state index contributed by atoms with van der Waals surface area (Å²) in [4.78, 5) is 15.3. The summed E-state index contributed by atoms with van der Waals surface area (Å²) in [5, 5.41) is 2.90. The smallest absolute Gasteiger partial charge is 0.264 e. The van der Waals surface area contributed by atoms with Crippen molar-refractivity contribution in [2.24, 2.45) is 0 Å². The van der Waals surface area contributed by atoms with Gasteiger partial charge in [-0.2, -0.15) is 0 Å². The summed E-state index contributed by atoms with van der Waals surface area (Å²) in [6.45, 7) is 7.15. The van der Waals surface area contributed by atoms with Crippen molar-refractivity contribution in [2.75, 3.05) is 51.2 Å². The lowest BCUT2D eigenvalue weighted by Gasteiger charge is -2.27. The molecule has 1 aliphatic rings. The van der Waals surface area contributed by atoms with Crippen molar-refractivity contribution in [1.82, 2.24) is 10.2 Å². The molecule has 0 spiro atoms. The number of ether oxygens (including phenoxy) is 2. The van der Waals surface area contributed by atoms with Crippen molar-refractivity contribution in [3.05, 3.63) is 47.5 Å². The number of anilines is 1. The fourth-order valence-corrected chi connectivity index (χ4v) is 5.83. The molecule has 192 valence electrons. The Morgan fingerprint density at radius 3 is 2.26 bits per heavy atom. The Labute approximate surface area is 209 Å². The average molecular weight is 504 g/mol. The van der Waals surface area contributed by atoms with E-state index in [1.165, 1.54) is 45.6 Å². The molecule has 1 heterocycles. The zero-order chi connectivity index (χ0) is 25.4. The van der Waals surface area contributed by atoms with Crippen LogP contribution in [0.1, 0.15) is 36.8 Å². The van der Waals surface area contributed by atoms with Crippen LogP contribution >= 0.6 is 0 Å². The van der Waals surface area contributed by atoms with Crippen molar-refractivity contribution in [2.45, 2.75) is 44.4 Å². The Kier molecular flexibility index (Phi) is 9.40. The molecule has 0 radical (unpaired) electrons. The molecule has 0 aliphatic carbocycles. The van der Waals surface area contributed by atoms with Gasteiger partial charge in [-0.1, -0.05) is 12.5 Å². The van der Waals surface area contributed by atoms with E-state index in [1.807, 2.05) is 19.9 Å². The first-order chi connectivity index (χ1) is 16.7. The van der Waals surface area contributed by atoms with Crippen LogP contribution in [0.4, 0.5) is 5.69 Å². The molecular weight excluding hydrogens is 466 g/mol. The molecule has 9 heteroatoms. The molecular formula is C26H37N3O5S. The SMILES string of the molecule is COc1ccc(S(=O)(=O)N(CC(=O)NCCCN2CCCCC2)c2cc(C)cc(C)c2)cc1OC. The van der Waals surface area contributed by atoms with Crippen LogP contribution in [-0.4, -0.2) is 66.2 Å². The number of likely N-dealkylation sites (tertiary alicyclic amines) is 1. The molecule has 2 aromatic rings. The standard InChI is InChI=1S/C26H37N3O5S/c1-20-15-21(2)17-22(16-20)29(19-26(30)27-11-8-14-28-12-6-5-7-13-28)35(31,32)23-9-10-24(33-3)25(18-23)34-4/h9-10,15-18H,5-8,11-14,19H2,1-4H3,(H,27,30). The Hall–Kier alpha value is -2.78. The van der Waals surface area contributed by atoms with Gasteiger partial charge in [0.1, 0.15) is 6.54 Å². The van der Waals surface area contributed by atoms with Crippen LogP contribution in [0.5, 0.6) is 11.5 Å². The second-order valence-electron chi connectivity index (χ2n) is 8.98. The first kappa shape index (κ1) is 26.8. The van der Waals surface area contributed by atoms with Crippen LogP contribution in [0.25, 0.3) is 0 Å². The number of benzene rings is 2. The summed E-state index contributed by atoms with van der Waals surface area (Å²) in [6, 6.07) is 9.94. The Balaban J connectivity index is 1.79. The number of piperidine rings is 1. The maximum Gasteiger partial charge on any atom is 0.264 e. The lowest BCUT2D eigenvalue weighted by molar-refractivity contribution is -0.119. The van der Waals surface area contributed by atoms with Gasteiger partial charge in [-0.05, 0) is 88.1 Å². The van der Waals surface area contributed by atoms with E-state index in [9.17, 15) is 13.2 Å². The van der Waals surface area contributed by atoms with Gasteiger partial charge in [0.25, 0.3) is 10.0 Å². The minimum Gasteiger partial charge on any atom is -0.493 e. The minimum absolute atomic E-state index is 0.0206. The quantitative estimate of drug-likeness (QED) is 0.472. The van der Waals surface area contributed by atoms with Gasteiger partial charge in [-0.15, -0.1) is 0 Å². The maximum atomic E-state index is 13.7. The van der Waals surface area contributed by atoms with Crippen molar-refractivity contribution in [1.29, 1.82) is 0 Å². The van der Waals surface area contributed by atoms with Gasteiger partial charge in [0.05, 0.1) is 24.8 Å². The summed E-state index contributed by atoms with van der Waals surface area (Å²) < 4.78 is 39.2. The van der Waals surface area contributed by atoms with E-state index in [-0.39, 0.29) is 17.3 Å². The van der Waals surface area contributed by atoms with Crippen LogP contribution < -0.4 is 19.1 Å². The van der Waals surface area contributed by atoms with E-state index >= 15 is 0 Å². The average Bonchev–Trinajstić information content (AvgIpc) is 2.84. The molecule has 35 heavy (non-hydrogen) atoms. The van der Waals surface area contributed by atoms with Gasteiger partial charge in [0.15, 0.2) is 11.5 Å². The van der Waals surface area contributed by atoms with Gasteiger partial charge in [0.2, 0.25) is 5.91 Å². The normalized spacial score (nSPS) is 14.4. The van der Waals surface area contributed by atoms with Crippen molar-refractivity contribution >= 4 is 21.6 Å². The largest absolute Gasteiger partial charge is 0.493 e. The van der Waals surface area contributed by atoms with Gasteiger partial charge in [0, 0.05) is 12.6 Å². The molecule has 2 aromatic carbocycles. The molecule has 8 nitrogen and oxygen atoms in total. The molecule has 1 N–H and O–H groups in total. The fourth-order valence-electron chi connectivity index (χ4n) is 4.41. The number of nitrogens with one attached hydrogen (secondary N) is 1. The van der Waals surface area contributed by atoms with E-state index in [0.717, 1.165) is 41.5 Å². The third-order valence-electron chi connectivity index (χ3n) is 6.15. The van der Waals surface area contributed by atoms with Gasteiger partial charge in [-0.3, -0.25) is 9.10 Å². The zero-order valence-electron chi connectivity index (χ0n) is 21.2. The van der Waals surface area contributed by atoms with Crippen LogP contribution in [0.3, 0.4) is 0 Å². The van der Waals surface area contributed by atoms with Gasteiger partial charge < -0.3 is 19.7 Å². The summed E-state index contributed by atoms with van der Waals surface area (Å²) in [7, 11) is -1.12. The lowest BCUT2D eigenvalue weighted by Crippen LogP contribution is -2.41. The van der Waals surface area contributed by atoms with Crippen molar-refractivity contribution < 1.29 is 22.7 Å². The molecule has 0 unspecified atom stereocenters. The number of carbonyl (C=O) groups excluding carboxylic acids is 1. The number of carbonyl (C=O) groups is 1. The number of sulfonamides is 1. The predicted octanol–water partition coefficient (Wildman–Crippen LogP) is 3.51. The molecule has 1 fully saturated rings. The first-order valence-electron chi connectivity index (χ1n) is 12.1. The monoisotopic (exact) mass is 503 g/mol. The van der Waals surface area contributed by atoms with Crippen LogP contribution in [0.2, 0.25) is 0 Å². The third kappa shape index (κ3) is 7.11. The zero-order valence-corrected chi connectivity index (χ0v) is 22.0. The maximum absolute atomic E-state index is 13.7. The number of hydrogen-bond acceptors (Lipinski definition) is 6. The summed E-state index contributed by atoms with van der Waals surface area (Å²) in [6.07, 6.45) is 4.57. The predicted molar refractivity (Wildman–Crippen MR) is 138 cm³/mol. The number of hydrogen-bond donors (Lipinski definition) is 1. The second-order valence-corrected chi connectivity index (χ2v) is 10.8. The molecule has 1 saturated heterocycles. The number of aryl methyl sites for hydroxylation is 2. The van der Waals surface area contributed by atoms with E-state index in [2.05, 4.69) is 10.2 Å². The molecule has 0 saturated carbocycles. The van der Waals surface area contributed by atoms with Crippen LogP contribution in [0, 0.1) is 13.8 Å². The highest BCUT2D eigenvalue weighted by Crippen LogP contribution is 2.32. The van der Waals surface area contributed by atoms with Crippen molar-refractivity contribution in [3.8, 4) is 11.5 Å². The number of amides is 1. The van der Waals surface area contributed by atoms with Crippen LogP contribution in [0.15, 0.2) is 41.3 Å². The van der Waals surface area contributed by atoms with E-state index < -0.39 is 10.0 Å². The summed E-state index contributed by atoms with van der Waals surface area (Å²) >= 11 is 0. The lowest BCUT2D eigenvalue weighted by atomic mass is 10.1. The second kappa shape index (κ2) is 12.3. The van der Waals surface area contributed by atoms with Gasteiger partial charge >= 0.3 is 0 Å². The molecule has 1 aliphatic heterocycles. The number of nitrogens with zero attached hydrogens (tertiary/aromatic N) is 2. The highest BCUT2D eigenvalue weighted by Gasteiger charge is 2.28. The summed E-state index contributed by atoms with van der Waals surface area (Å²) in [5.41, 5.74) is 2.27. The van der Waals surface area contributed by atoms with Crippen LogP contribution in [-0.2, 0) is 14.8 Å². The molecule has 3 rings (SSSR count). The number of methoxy groups -OCH3 is 2. The Bertz CT molecular complexity index is 1090. The van der Waals surface area contributed by atoms with Gasteiger partial charge in [-0.25, -0.2) is 8.42 Å².